The van der Waals surface area contributed by atoms with Crippen molar-refractivity contribution in [3.8, 4) is 0 Å². The minimum absolute atomic E-state index is 0.0604. The molecule has 27 heavy (non-hydrogen) atoms. The number of aromatic nitrogens is 3. The zero-order valence-corrected chi connectivity index (χ0v) is 18.0. The van der Waals surface area contributed by atoms with Crippen molar-refractivity contribution in [3.05, 3.63) is 20.0 Å². The summed E-state index contributed by atoms with van der Waals surface area (Å²) in [6.07, 6.45) is -0.188. The Morgan fingerprint density at radius 3 is 2.78 bits per heavy atom. The fourth-order valence-electron chi connectivity index (χ4n) is 2.81. The highest BCUT2D eigenvalue weighted by atomic mass is 32.1. The van der Waals surface area contributed by atoms with Crippen LogP contribution in [0, 0.1) is 0 Å². The molecule has 1 unspecified atom stereocenters. The first-order valence-electron chi connectivity index (χ1n) is 8.74. The van der Waals surface area contributed by atoms with Gasteiger partial charge in [-0.3, -0.25) is 19.1 Å². The van der Waals surface area contributed by atoms with E-state index in [4.69, 9.17) is 14.9 Å². The van der Waals surface area contributed by atoms with Gasteiger partial charge in [-0.15, -0.1) is 0 Å². The summed E-state index contributed by atoms with van der Waals surface area (Å²) in [5, 5.41) is 11.1. The van der Waals surface area contributed by atoms with E-state index >= 15 is 0 Å². The summed E-state index contributed by atoms with van der Waals surface area (Å²) in [6.45, 7) is 11.0. The molecule has 1 saturated heterocycles. The minimum atomic E-state index is -1.96. The summed E-state index contributed by atoms with van der Waals surface area (Å²) in [5.74, 6) is -0.112. The first-order chi connectivity index (χ1) is 12.3. The van der Waals surface area contributed by atoms with Gasteiger partial charge in [-0.25, -0.2) is 0 Å². The number of H-pyrrole nitrogens is 1. The highest BCUT2D eigenvalue weighted by Gasteiger charge is 2.44. The topological polar surface area (TPSA) is 132 Å². The molecule has 1 aliphatic heterocycles. The number of anilines is 1. The van der Waals surface area contributed by atoms with Crippen molar-refractivity contribution in [1.29, 1.82) is 0 Å². The summed E-state index contributed by atoms with van der Waals surface area (Å²) in [4.78, 5) is 30.4. The molecule has 0 radical (unpaired) electrons. The Balaban J connectivity index is 1.86. The first kappa shape index (κ1) is 20.2. The van der Waals surface area contributed by atoms with Crippen molar-refractivity contribution in [2.24, 2.45) is 0 Å². The number of nitrogens with one attached hydrogen (secondary N) is 1. The number of hydrogen-bond donors (Lipinski definition) is 3. The Morgan fingerprint density at radius 1 is 1.48 bits per heavy atom. The van der Waals surface area contributed by atoms with Gasteiger partial charge in [0.1, 0.15) is 4.70 Å². The number of aliphatic hydroxyl groups is 1. The van der Waals surface area contributed by atoms with Crippen molar-refractivity contribution in [3.63, 3.8) is 0 Å². The van der Waals surface area contributed by atoms with Gasteiger partial charge >= 0.3 is 4.87 Å². The lowest BCUT2D eigenvalue weighted by atomic mass is 10.1. The van der Waals surface area contributed by atoms with Gasteiger partial charge < -0.3 is 20.0 Å². The molecule has 2 atom stereocenters. The second kappa shape index (κ2) is 6.52. The second-order valence-electron chi connectivity index (χ2n) is 8.50. The van der Waals surface area contributed by atoms with E-state index in [9.17, 15) is 14.7 Å². The number of nitrogens with zero attached hydrogens (tertiary/aromatic N) is 2. The summed E-state index contributed by atoms with van der Waals surface area (Å²) in [7, 11) is -1.96. The molecule has 11 heteroatoms. The highest BCUT2D eigenvalue weighted by molar-refractivity contribution is 7.16. The average molecular weight is 415 g/mol. The van der Waals surface area contributed by atoms with E-state index in [0.717, 1.165) is 15.9 Å². The Hall–Kier alpha value is -1.53. The molecule has 0 amide bonds. The maximum absolute atomic E-state index is 12.5. The monoisotopic (exact) mass is 414 g/mol. The van der Waals surface area contributed by atoms with E-state index in [0.29, 0.717) is 6.61 Å². The van der Waals surface area contributed by atoms with Crippen LogP contribution in [-0.4, -0.2) is 47.3 Å². The van der Waals surface area contributed by atoms with Crippen molar-refractivity contribution >= 4 is 35.9 Å². The zero-order chi connectivity index (χ0) is 20.2. The molecule has 3 rings (SSSR count). The number of rotatable bonds is 4. The SMILES string of the molecule is CC(C)(C)[Si](C)(C)OC[C@@H]1CC(O)(n2c(=O)sc3c(=O)[nH]c(N)nc32)CO1. The molecule has 2 aromatic rings. The molecule has 4 N–H and O–H groups in total. The maximum Gasteiger partial charge on any atom is 0.312 e. The Bertz CT molecular complexity index is 976. The van der Waals surface area contributed by atoms with Gasteiger partial charge in [0, 0.05) is 6.42 Å². The zero-order valence-electron chi connectivity index (χ0n) is 16.2. The molecule has 3 heterocycles. The normalized spacial score (nSPS) is 24.0. The fourth-order valence-corrected chi connectivity index (χ4v) is 4.74. The highest BCUT2D eigenvalue weighted by Crippen LogP contribution is 2.38. The molecular weight excluding hydrogens is 388 g/mol. The first-order valence-corrected chi connectivity index (χ1v) is 12.5. The summed E-state index contributed by atoms with van der Waals surface area (Å²) in [6, 6.07) is 0. The van der Waals surface area contributed by atoms with E-state index in [-0.39, 0.29) is 40.5 Å². The van der Waals surface area contributed by atoms with E-state index in [2.05, 4.69) is 43.8 Å². The van der Waals surface area contributed by atoms with E-state index in [1.165, 1.54) is 0 Å². The number of nitrogens with two attached hydrogens (primary N) is 1. The van der Waals surface area contributed by atoms with Crippen LogP contribution in [0.25, 0.3) is 10.3 Å². The molecule has 0 aromatic carbocycles. The number of aromatic amines is 1. The fraction of sp³-hybridized carbons (Fsp3) is 0.688. The van der Waals surface area contributed by atoms with Gasteiger partial charge in [-0.1, -0.05) is 32.1 Å². The Labute approximate surface area is 161 Å². The van der Waals surface area contributed by atoms with Crippen LogP contribution in [0.2, 0.25) is 18.1 Å². The van der Waals surface area contributed by atoms with E-state index < -0.39 is 24.5 Å². The number of hydrogen-bond acceptors (Lipinski definition) is 8. The van der Waals surface area contributed by atoms with E-state index in [1.807, 2.05) is 0 Å². The number of nitrogen functional groups attached to an aromatic ring is 1. The largest absolute Gasteiger partial charge is 0.414 e. The lowest BCUT2D eigenvalue weighted by Crippen LogP contribution is -2.43. The van der Waals surface area contributed by atoms with Gasteiger partial charge in [-0.05, 0) is 18.1 Å². The lowest BCUT2D eigenvalue weighted by molar-refractivity contribution is -0.0427. The number of thiazole rings is 1. The van der Waals surface area contributed by atoms with Crippen LogP contribution in [0.15, 0.2) is 9.59 Å². The quantitative estimate of drug-likeness (QED) is 0.640. The Kier molecular flexibility index (Phi) is 4.88. The van der Waals surface area contributed by atoms with Gasteiger partial charge in [0.2, 0.25) is 5.95 Å². The second-order valence-corrected chi connectivity index (χ2v) is 14.3. The van der Waals surface area contributed by atoms with Crippen molar-refractivity contribution in [2.75, 3.05) is 18.9 Å². The van der Waals surface area contributed by atoms with Gasteiger partial charge in [0.25, 0.3) is 5.56 Å². The molecule has 0 bridgehead atoms. The van der Waals surface area contributed by atoms with Crippen molar-refractivity contribution in [2.45, 2.75) is 57.2 Å². The predicted octanol–water partition coefficient (Wildman–Crippen LogP) is 1.18. The third-order valence-corrected chi connectivity index (χ3v) is 10.8. The third kappa shape index (κ3) is 3.61. The molecule has 150 valence electrons. The van der Waals surface area contributed by atoms with Crippen molar-refractivity contribution in [1.82, 2.24) is 14.5 Å². The number of ether oxygens (including phenoxy) is 1. The molecular formula is C16H26N4O5SSi. The molecule has 9 nitrogen and oxygen atoms in total. The van der Waals surface area contributed by atoms with Crippen LogP contribution in [0.3, 0.4) is 0 Å². The van der Waals surface area contributed by atoms with Gasteiger partial charge in [0.15, 0.2) is 19.7 Å². The summed E-state index contributed by atoms with van der Waals surface area (Å²) >= 11 is 0.727. The smallest absolute Gasteiger partial charge is 0.312 e. The van der Waals surface area contributed by atoms with Crippen LogP contribution in [0.5, 0.6) is 0 Å². The molecule has 0 aliphatic carbocycles. The average Bonchev–Trinajstić information content (AvgIpc) is 3.05. The van der Waals surface area contributed by atoms with Gasteiger partial charge in [-0.2, -0.15) is 4.98 Å². The minimum Gasteiger partial charge on any atom is -0.414 e. The molecule has 0 saturated carbocycles. The summed E-state index contributed by atoms with van der Waals surface area (Å²) < 4.78 is 13.1. The van der Waals surface area contributed by atoms with Crippen LogP contribution >= 0.6 is 11.3 Å². The molecule has 1 fully saturated rings. The Morgan fingerprint density at radius 2 is 2.15 bits per heavy atom. The van der Waals surface area contributed by atoms with Gasteiger partial charge in [0.05, 0.1) is 19.3 Å². The predicted molar refractivity (Wildman–Crippen MR) is 107 cm³/mol. The number of fused-ring (bicyclic) bond motifs is 1. The van der Waals surface area contributed by atoms with Crippen LogP contribution < -0.4 is 16.2 Å². The third-order valence-electron chi connectivity index (χ3n) is 5.42. The van der Waals surface area contributed by atoms with E-state index in [1.54, 1.807) is 0 Å². The molecule has 2 aromatic heterocycles. The lowest BCUT2D eigenvalue weighted by Gasteiger charge is -2.36. The van der Waals surface area contributed by atoms with Crippen LogP contribution in [0.4, 0.5) is 5.95 Å². The standard InChI is InChI=1S/C16H26N4O5SSi/c1-15(2,3)27(4,5)25-7-9-6-16(23,8-24-9)20-11-10(26-14(20)22)12(21)19-13(17)18-11/h9,23H,6-8H2,1-5H3,(H3,17,18,19,21)/t9-,16?/m0/s1. The van der Waals surface area contributed by atoms with Crippen LogP contribution in [0.1, 0.15) is 27.2 Å². The molecule has 0 spiro atoms. The molecule has 1 aliphatic rings. The van der Waals surface area contributed by atoms with Crippen molar-refractivity contribution < 1.29 is 14.3 Å². The summed E-state index contributed by atoms with van der Waals surface area (Å²) in [5.41, 5.74) is 3.58. The maximum atomic E-state index is 12.5. The van der Waals surface area contributed by atoms with Crippen LogP contribution in [-0.2, 0) is 14.9 Å².